The molecule has 1 aromatic carbocycles. The predicted molar refractivity (Wildman–Crippen MR) is 76.1 cm³/mol. The van der Waals surface area contributed by atoms with Crippen molar-refractivity contribution in [2.24, 2.45) is 11.1 Å². The number of benzene rings is 1. The lowest BCUT2D eigenvalue weighted by atomic mass is 9.94. The molecule has 0 saturated heterocycles. The van der Waals surface area contributed by atoms with Crippen LogP contribution in [0.15, 0.2) is 24.3 Å². The highest BCUT2D eigenvalue weighted by molar-refractivity contribution is 5.28. The van der Waals surface area contributed by atoms with Crippen LogP contribution in [0.1, 0.15) is 37.9 Å². The predicted octanol–water partition coefficient (Wildman–Crippen LogP) is 2.90. The Balaban J connectivity index is 2.97. The lowest BCUT2D eigenvalue weighted by Crippen LogP contribution is -2.38. The summed E-state index contributed by atoms with van der Waals surface area (Å²) in [6, 6.07) is 8.45. The van der Waals surface area contributed by atoms with E-state index in [9.17, 15) is 0 Å². The molecule has 102 valence electrons. The van der Waals surface area contributed by atoms with Gasteiger partial charge in [-0.05, 0) is 23.5 Å². The maximum Gasteiger partial charge on any atom is 0.0726 e. The highest BCUT2D eigenvalue weighted by Crippen LogP contribution is 2.26. The molecular weight excluding hydrogens is 224 g/mol. The Morgan fingerprint density at radius 2 is 1.89 bits per heavy atom. The molecule has 0 spiro atoms. The van der Waals surface area contributed by atoms with Crippen LogP contribution in [0.2, 0.25) is 0 Å². The second-order valence-electron chi connectivity index (χ2n) is 5.93. The molecule has 1 atom stereocenters. The van der Waals surface area contributed by atoms with Crippen molar-refractivity contribution in [3.8, 4) is 0 Å². The SMILES string of the molecule is CON(CC(C)(C)C)C(CN)c1ccccc1C. The standard InChI is InChI=1S/C15H26N2O/c1-12-8-6-7-9-13(12)14(10-16)17(18-5)11-15(2,3)4/h6-9,14H,10-11,16H2,1-5H3. The van der Waals surface area contributed by atoms with Crippen molar-refractivity contribution < 1.29 is 4.84 Å². The van der Waals surface area contributed by atoms with E-state index in [0.29, 0.717) is 6.54 Å². The molecule has 0 aliphatic carbocycles. The summed E-state index contributed by atoms with van der Waals surface area (Å²) in [6.45, 7) is 10.1. The zero-order valence-electron chi connectivity index (χ0n) is 12.2. The van der Waals surface area contributed by atoms with Gasteiger partial charge in [-0.1, -0.05) is 45.0 Å². The summed E-state index contributed by atoms with van der Waals surface area (Å²) in [4.78, 5) is 5.54. The first kappa shape index (κ1) is 15.2. The van der Waals surface area contributed by atoms with Crippen LogP contribution in [0.5, 0.6) is 0 Å². The molecule has 3 heteroatoms. The van der Waals surface area contributed by atoms with Gasteiger partial charge in [-0.25, -0.2) is 0 Å². The van der Waals surface area contributed by atoms with Gasteiger partial charge in [0, 0.05) is 13.1 Å². The molecule has 0 heterocycles. The van der Waals surface area contributed by atoms with Crippen molar-refractivity contribution in [1.29, 1.82) is 0 Å². The van der Waals surface area contributed by atoms with Crippen LogP contribution in [0.4, 0.5) is 0 Å². The van der Waals surface area contributed by atoms with Gasteiger partial charge in [-0.2, -0.15) is 5.06 Å². The van der Waals surface area contributed by atoms with Gasteiger partial charge in [0.15, 0.2) is 0 Å². The van der Waals surface area contributed by atoms with Gasteiger partial charge in [0.25, 0.3) is 0 Å². The third kappa shape index (κ3) is 4.09. The van der Waals surface area contributed by atoms with E-state index in [2.05, 4.69) is 45.9 Å². The Hall–Kier alpha value is -0.900. The summed E-state index contributed by atoms with van der Waals surface area (Å²) in [5, 5.41) is 1.99. The van der Waals surface area contributed by atoms with Crippen LogP contribution in [-0.4, -0.2) is 25.3 Å². The number of rotatable bonds is 5. The van der Waals surface area contributed by atoms with Gasteiger partial charge in [0.1, 0.15) is 0 Å². The Morgan fingerprint density at radius 1 is 1.28 bits per heavy atom. The van der Waals surface area contributed by atoms with Crippen LogP contribution < -0.4 is 5.73 Å². The molecular formula is C15H26N2O. The van der Waals surface area contributed by atoms with E-state index in [1.54, 1.807) is 7.11 Å². The molecule has 0 fully saturated rings. The van der Waals surface area contributed by atoms with Crippen molar-refractivity contribution in [2.75, 3.05) is 20.2 Å². The fraction of sp³-hybridized carbons (Fsp3) is 0.600. The number of hydrogen-bond donors (Lipinski definition) is 1. The summed E-state index contributed by atoms with van der Waals surface area (Å²) in [7, 11) is 1.71. The fourth-order valence-electron chi connectivity index (χ4n) is 2.13. The van der Waals surface area contributed by atoms with Crippen molar-refractivity contribution in [2.45, 2.75) is 33.7 Å². The maximum absolute atomic E-state index is 5.95. The summed E-state index contributed by atoms with van der Waals surface area (Å²) >= 11 is 0. The van der Waals surface area contributed by atoms with Crippen molar-refractivity contribution in [1.82, 2.24) is 5.06 Å². The molecule has 3 nitrogen and oxygen atoms in total. The third-order valence-electron chi connectivity index (χ3n) is 2.98. The molecule has 2 N–H and O–H groups in total. The summed E-state index contributed by atoms with van der Waals surface area (Å²) in [5.74, 6) is 0. The minimum absolute atomic E-state index is 0.107. The Bertz CT molecular complexity index is 371. The molecule has 0 radical (unpaired) electrons. The largest absolute Gasteiger partial charge is 0.329 e. The molecule has 1 aromatic rings. The Labute approximate surface area is 111 Å². The van der Waals surface area contributed by atoms with E-state index in [4.69, 9.17) is 10.6 Å². The smallest absolute Gasteiger partial charge is 0.0726 e. The van der Waals surface area contributed by atoms with Crippen molar-refractivity contribution >= 4 is 0 Å². The monoisotopic (exact) mass is 250 g/mol. The van der Waals surface area contributed by atoms with Gasteiger partial charge in [-0.3, -0.25) is 0 Å². The second kappa shape index (κ2) is 6.32. The molecule has 0 amide bonds. The average Bonchev–Trinajstić information content (AvgIpc) is 2.29. The number of aryl methyl sites for hydroxylation is 1. The zero-order chi connectivity index (χ0) is 13.8. The Kier molecular flexibility index (Phi) is 5.32. The zero-order valence-corrected chi connectivity index (χ0v) is 12.2. The number of nitrogens with two attached hydrogens (primary N) is 1. The van der Waals surface area contributed by atoms with Gasteiger partial charge in [0.2, 0.25) is 0 Å². The first-order valence-corrected chi connectivity index (χ1v) is 6.45. The highest BCUT2D eigenvalue weighted by Gasteiger charge is 2.25. The minimum Gasteiger partial charge on any atom is -0.329 e. The summed E-state index contributed by atoms with van der Waals surface area (Å²) < 4.78 is 0. The van der Waals surface area contributed by atoms with E-state index in [0.717, 1.165) is 6.54 Å². The molecule has 0 aromatic heterocycles. The fourth-order valence-corrected chi connectivity index (χ4v) is 2.13. The molecule has 1 rings (SSSR count). The van der Waals surface area contributed by atoms with E-state index in [1.165, 1.54) is 11.1 Å². The lowest BCUT2D eigenvalue weighted by Gasteiger charge is -2.34. The molecule has 1 unspecified atom stereocenters. The van der Waals surface area contributed by atoms with Crippen LogP contribution in [0.25, 0.3) is 0 Å². The van der Waals surface area contributed by atoms with Gasteiger partial charge in [0.05, 0.1) is 13.2 Å². The minimum atomic E-state index is 0.107. The van der Waals surface area contributed by atoms with E-state index < -0.39 is 0 Å². The molecule has 0 saturated carbocycles. The molecule has 18 heavy (non-hydrogen) atoms. The van der Waals surface area contributed by atoms with Crippen molar-refractivity contribution in [3.05, 3.63) is 35.4 Å². The van der Waals surface area contributed by atoms with Crippen molar-refractivity contribution in [3.63, 3.8) is 0 Å². The summed E-state index contributed by atoms with van der Waals surface area (Å²) in [6.07, 6.45) is 0. The second-order valence-corrected chi connectivity index (χ2v) is 5.93. The third-order valence-corrected chi connectivity index (χ3v) is 2.98. The first-order valence-electron chi connectivity index (χ1n) is 6.45. The van der Waals surface area contributed by atoms with Gasteiger partial charge in [-0.15, -0.1) is 0 Å². The maximum atomic E-state index is 5.95. The molecule has 0 bridgehead atoms. The summed E-state index contributed by atoms with van der Waals surface area (Å²) in [5.41, 5.74) is 8.62. The topological polar surface area (TPSA) is 38.5 Å². The number of nitrogens with zero attached hydrogens (tertiary/aromatic N) is 1. The van der Waals surface area contributed by atoms with E-state index in [1.807, 2.05) is 11.1 Å². The molecule has 0 aliphatic rings. The quantitative estimate of drug-likeness (QED) is 0.817. The molecule has 0 aliphatic heterocycles. The number of hydroxylamine groups is 2. The van der Waals surface area contributed by atoms with E-state index in [-0.39, 0.29) is 11.5 Å². The van der Waals surface area contributed by atoms with Crippen LogP contribution in [0, 0.1) is 12.3 Å². The highest BCUT2D eigenvalue weighted by atomic mass is 16.7. The van der Waals surface area contributed by atoms with E-state index >= 15 is 0 Å². The van der Waals surface area contributed by atoms with Crippen LogP contribution in [0.3, 0.4) is 0 Å². The average molecular weight is 250 g/mol. The number of hydrogen-bond acceptors (Lipinski definition) is 3. The van der Waals surface area contributed by atoms with Gasteiger partial charge >= 0.3 is 0 Å². The first-order chi connectivity index (χ1) is 8.39. The van der Waals surface area contributed by atoms with Gasteiger partial charge < -0.3 is 10.6 Å². The van der Waals surface area contributed by atoms with Crippen LogP contribution in [-0.2, 0) is 4.84 Å². The van der Waals surface area contributed by atoms with Crippen LogP contribution >= 0.6 is 0 Å². The Morgan fingerprint density at radius 3 is 2.33 bits per heavy atom. The normalized spacial score (nSPS) is 13.9. The lowest BCUT2D eigenvalue weighted by molar-refractivity contribution is -0.176.